The van der Waals surface area contributed by atoms with Crippen molar-refractivity contribution in [3.05, 3.63) is 58.1 Å². The van der Waals surface area contributed by atoms with Gasteiger partial charge < -0.3 is 9.30 Å². The van der Waals surface area contributed by atoms with E-state index in [2.05, 4.69) is 17.1 Å². The highest BCUT2D eigenvalue weighted by Gasteiger charge is 2.39. The maximum absolute atomic E-state index is 13.3. The fourth-order valence-corrected chi connectivity index (χ4v) is 7.06. The summed E-state index contributed by atoms with van der Waals surface area (Å²) in [7, 11) is -3.94. The van der Waals surface area contributed by atoms with E-state index in [4.69, 9.17) is 4.74 Å². The minimum atomic E-state index is -3.94. The molecule has 0 radical (unpaired) electrons. The van der Waals surface area contributed by atoms with Crippen molar-refractivity contribution in [2.45, 2.75) is 51.1 Å². The van der Waals surface area contributed by atoms with Gasteiger partial charge in [0.25, 0.3) is 5.91 Å². The van der Waals surface area contributed by atoms with Gasteiger partial charge in [0.2, 0.25) is 10.0 Å². The van der Waals surface area contributed by atoms with Crippen molar-refractivity contribution in [2.75, 3.05) is 19.8 Å². The Morgan fingerprint density at radius 2 is 1.97 bits per heavy atom. The van der Waals surface area contributed by atoms with E-state index in [0.717, 1.165) is 33.5 Å². The number of benzene rings is 2. The average Bonchev–Trinajstić information content (AvgIpc) is 3.41. The molecule has 1 aliphatic heterocycles. The van der Waals surface area contributed by atoms with Crippen LogP contribution < -0.4 is 4.80 Å². The molecule has 3 aromatic rings. The first-order chi connectivity index (χ1) is 16.2. The highest BCUT2D eigenvalue weighted by molar-refractivity contribution is 7.89. The summed E-state index contributed by atoms with van der Waals surface area (Å²) in [4.78, 5) is 18.2. The molecular weight excluding hydrogens is 477 g/mol. The van der Waals surface area contributed by atoms with Crippen molar-refractivity contribution in [3.63, 3.8) is 0 Å². The zero-order valence-corrected chi connectivity index (χ0v) is 21.1. The maximum Gasteiger partial charge on any atom is 0.266 e. The van der Waals surface area contributed by atoms with Gasteiger partial charge >= 0.3 is 0 Å². The second kappa shape index (κ2) is 10.1. The second-order valence-corrected chi connectivity index (χ2v) is 11.2. The standard InChI is InChI=1S/C24H28FN3O4S2/c1-4-32-13-12-27-21-15-16(2)14-17(3)22(21)33-24(27)26-23(29)20-6-5-11-28(20)34(30,31)19-9-7-18(25)8-10-19/h7-10,14-15,20H,4-6,11-13H2,1-3H3. The molecule has 0 spiro atoms. The van der Waals surface area contributed by atoms with E-state index in [-0.39, 0.29) is 11.4 Å². The first-order valence-corrected chi connectivity index (χ1v) is 13.5. The SMILES string of the molecule is CCOCCn1c(=NC(=O)C2CCCN2S(=O)(=O)c2ccc(F)cc2)sc2c(C)cc(C)cc21. The third kappa shape index (κ3) is 4.86. The predicted molar refractivity (Wildman–Crippen MR) is 130 cm³/mol. The van der Waals surface area contributed by atoms with Gasteiger partial charge in [-0.15, -0.1) is 0 Å². The van der Waals surface area contributed by atoms with Crippen molar-refractivity contribution < 1.29 is 22.3 Å². The van der Waals surface area contributed by atoms with Crippen LogP contribution in [-0.2, 0) is 26.1 Å². The number of carbonyl (C=O) groups is 1. The molecule has 1 unspecified atom stereocenters. The molecule has 182 valence electrons. The lowest BCUT2D eigenvalue weighted by molar-refractivity contribution is -0.121. The predicted octanol–water partition coefficient (Wildman–Crippen LogP) is 3.78. The van der Waals surface area contributed by atoms with Gasteiger partial charge in [0, 0.05) is 19.7 Å². The number of sulfonamides is 1. The van der Waals surface area contributed by atoms with Crippen molar-refractivity contribution in [1.29, 1.82) is 0 Å². The van der Waals surface area contributed by atoms with Gasteiger partial charge in [-0.25, -0.2) is 12.8 Å². The van der Waals surface area contributed by atoms with E-state index in [1.54, 1.807) is 0 Å². The normalized spacial score (nSPS) is 17.6. The molecule has 0 bridgehead atoms. The highest BCUT2D eigenvalue weighted by Crippen LogP contribution is 2.28. The Morgan fingerprint density at radius 1 is 1.24 bits per heavy atom. The zero-order valence-electron chi connectivity index (χ0n) is 19.5. The number of amides is 1. The van der Waals surface area contributed by atoms with Crippen molar-refractivity contribution in [3.8, 4) is 0 Å². The minimum Gasteiger partial charge on any atom is -0.380 e. The fraction of sp³-hybridized carbons (Fsp3) is 0.417. The number of aromatic nitrogens is 1. The number of halogens is 1. The molecule has 34 heavy (non-hydrogen) atoms. The van der Waals surface area contributed by atoms with Crippen LogP contribution in [0.3, 0.4) is 0 Å². The van der Waals surface area contributed by atoms with Crippen molar-refractivity contribution in [2.24, 2.45) is 4.99 Å². The summed E-state index contributed by atoms with van der Waals surface area (Å²) < 4.78 is 49.4. The van der Waals surface area contributed by atoms with Crippen LogP contribution in [0.1, 0.15) is 30.9 Å². The summed E-state index contributed by atoms with van der Waals surface area (Å²) in [5.41, 5.74) is 3.19. The molecule has 1 atom stereocenters. The number of nitrogens with zero attached hydrogens (tertiary/aromatic N) is 3. The van der Waals surface area contributed by atoms with E-state index in [1.165, 1.54) is 27.8 Å². The van der Waals surface area contributed by atoms with Crippen LogP contribution in [0.25, 0.3) is 10.2 Å². The van der Waals surface area contributed by atoms with Gasteiger partial charge in [0.15, 0.2) is 4.80 Å². The van der Waals surface area contributed by atoms with Crippen LogP contribution >= 0.6 is 11.3 Å². The highest BCUT2D eigenvalue weighted by atomic mass is 32.2. The molecule has 2 heterocycles. The molecular formula is C24H28FN3O4S2. The number of aryl methyl sites for hydroxylation is 2. The molecule has 2 aromatic carbocycles. The Hall–Kier alpha value is -2.40. The topological polar surface area (TPSA) is 81.0 Å². The summed E-state index contributed by atoms with van der Waals surface area (Å²) in [5, 5.41) is 0. The molecule has 1 saturated heterocycles. The Morgan fingerprint density at radius 3 is 2.68 bits per heavy atom. The van der Waals surface area contributed by atoms with Crippen molar-refractivity contribution >= 4 is 37.5 Å². The molecule has 1 aliphatic rings. The molecule has 7 nitrogen and oxygen atoms in total. The molecule has 0 aliphatic carbocycles. The van der Waals surface area contributed by atoms with E-state index in [0.29, 0.717) is 37.4 Å². The lowest BCUT2D eigenvalue weighted by Gasteiger charge is -2.21. The molecule has 0 N–H and O–H groups in total. The number of carbonyl (C=O) groups excluding carboxylic acids is 1. The van der Waals surface area contributed by atoms with Gasteiger partial charge in [0.05, 0.1) is 21.7 Å². The molecule has 1 amide bonds. The van der Waals surface area contributed by atoms with E-state index in [9.17, 15) is 17.6 Å². The number of hydrogen-bond acceptors (Lipinski definition) is 5. The lowest BCUT2D eigenvalue weighted by atomic mass is 10.1. The van der Waals surface area contributed by atoms with Crippen molar-refractivity contribution in [1.82, 2.24) is 8.87 Å². The first kappa shape index (κ1) is 24.7. The largest absolute Gasteiger partial charge is 0.380 e. The Bertz CT molecular complexity index is 1380. The summed E-state index contributed by atoms with van der Waals surface area (Å²) in [6.45, 7) is 7.80. The molecule has 1 fully saturated rings. The average molecular weight is 506 g/mol. The minimum absolute atomic E-state index is 0.0339. The molecule has 10 heteroatoms. The number of fused-ring (bicyclic) bond motifs is 1. The van der Waals surface area contributed by atoms with Crippen LogP contribution in [0.5, 0.6) is 0 Å². The second-order valence-electron chi connectivity index (χ2n) is 8.34. The van der Waals surface area contributed by atoms with Gasteiger partial charge in [-0.3, -0.25) is 4.79 Å². The number of hydrogen-bond donors (Lipinski definition) is 0. The third-order valence-electron chi connectivity index (χ3n) is 5.89. The van der Waals surface area contributed by atoms with Gasteiger partial charge in [-0.05, 0) is 75.1 Å². The van der Waals surface area contributed by atoms with Gasteiger partial charge in [-0.2, -0.15) is 9.30 Å². The van der Waals surface area contributed by atoms with Gasteiger partial charge in [0.1, 0.15) is 11.9 Å². The fourth-order valence-electron chi connectivity index (χ4n) is 4.30. The molecule has 0 saturated carbocycles. The Labute approximate surface area is 202 Å². The number of rotatable bonds is 7. The zero-order chi connectivity index (χ0) is 24.5. The van der Waals surface area contributed by atoms with Crippen LogP contribution in [0, 0.1) is 19.7 Å². The quantitative estimate of drug-likeness (QED) is 0.458. The number of ether oxygens (including phenoxy) is 1. The van der Waals surface area contributed by atoms with E-state index in [1.807, 2.05) is 25.3 Å². The summed E-state index contributed by atoms with van der Waals surface area (Å²) in [6.07, 6.45) is 0.951. The summed E-state index contributed by atoms with van der Waals surface area (Å²) in [6, 6.07) is 7.92. The maximum atomic E-state index is 13.3. The van der Waals surface area contributed by atoms with Crippen LogP contribution in [0.2, 0.25) is 0 Å². The third-order valence-corrected chi connectivity index (χ3v) is 9.04. The molecule has 1 aromatic heterocycles. The first-order valence-electron chi connectivity index (χ1n) is 11.3. The summed E-state index contributed by atoms with van der Waals surface area (Å²) in [5.74, 6) is -1.01. The van der Waals surface area contributed by atoms with Gasteiger partial charge in [-0.1, -0.05) is 17.4 Å². The Balaban J connectivity index is 1.72. The lowest BCUT2D eigenvalue weighted by Crippen LogP contribution is -2.40. The van der Waals surface area contributed by atoms with Crippen LogP contribution in [0.4, 0.5) is 4.39 Å². The summed E-state index contributed by atoms with van der Waals surface area (Å²) >= 11 is 1.42. The number of thiazole rings is 1. The van der Waals surface area contributed by atoms with Crippen LogP contribution in [-0.4, -0.2) is 49.0 Å². The molecule has 4 rings (SSSR count). The van der Waals surface area contributed by atoms with Crippen LogP contribution in [0.15, 0.2) is 46.3 Å². The monoisotopic (exact) mass is 505 g/mol. The van der Waals surface area contributed by atoms with E-state index >= 15 is 0 Å². The smallest absolute Gasteiger partial charge is 0.266 e. The Kier molecular flexibility index (Phi) is 7.32. The van der Waals surface area contributed by atoms with E-state index < -0.39 is 27.8 Å².